The van der Waals surface area contributed by atoms with Crippen LogP contribution in [-0.4, -0.2) is 55.9 Å². The summed E-state index contributed by atoms with van der Waals surface area (Å²) >= 11 is 6.21. The predicted octanol–water partition coefficient (Wildman–Crippen LogP) is 0.701. The average molecular weight is 331 g/mol. The lowest BCUT2D eigenvalue weighted by Crippen LogP contribution is -2.47. The van der Waals surface area contributed by atoms with Crippen molar-refractivity contribution in [2.24, 2.45) is 5.73 Å². The van der Waals surface area contributed by atoms with Crippen molar-refractivity contribution >= 4 is 27.5 Å². The number of hydrogen-bond donors (Lipinski definition) is 2. The second-order valence-corrected chi connectivity index (χ2v) is 7.55. The Morgan fingerprint density at radius 3 is 2.43 bits per heavy atom. The zero-order chi connectivity index (χ0) is 15.6. The molecule has 0 spiro atoms. The van der Waals surface area contributed by atoms with E-state index in [0.29, 0.717) is 43.3 Å². The molecule has 1 aromatic carbocycles. The molecule has 3 N–H and O–H groups in total. The number of piperazine rings is 1. The van der Waals surface area contributed by atoms with Crippen molar-refractivity contribution in [1.29, 1.82) is 5.41 Å². The van der Waals surface area contributed by atoms with Gasteiger partial charge in [0.25, 0.3) is 0 Å². The molecule has 1 aliphatic rings. The van der Waals surface area contributed by atoms with Crippen molar-refractivity contribution in [2.75, 3.05) is 32.4 Å². The molecule has 0 aromatic heterocycles. The minimum Gasteiger partial charge on any atom is -0.384 e. The van der Waals surface area contributed by atoms with E-state index in [1.165, 1.54) is 10.6 Å². The van der Waals surface area contributed by atoms with Crippen LogP contribution < -0.4 is 5.73 Å². The summed E-state index contributed by atoms with van der Waals surface area (Å²) in [7, 11) is -3.10. The largest absolute Gasteiger partial charge is 0.384 e. The van der Waals surface area contributed by atoms with Crippen LogP contribution in [0.4, 0.5) is 0 Å². The number of sulfonamides is 1. The van der Waals surface area contributed by atoms with Crippen LogP contribution in [0.15, 0.2) is 18.2 Å². The van der Waals surface area contributed by atoms with Crippen LogP contribution in [0.5, 0.6) is 0 Å². The van der Waals surface area contributed by atoms with Gasteiger partial charge in [0.15, 0.2) is 0 Å². The third kappa shape index (κ3) is 4.16. The van der Waals surface area contributed by atoms with E-state index >= 15 is 0 Å². The van der Waals surface area contributed by atoms with Crippen LogP contribution >= 0.6 is 11.6 Å². The Bertz CT molecular complexity index is 640. The molecule has 2 rings (SSSR count). The highest BCUT2D eigenvalue weighted by Crippen LogP contribution is 2.20. The van der Waals surface area contributed by atoms with Crippen LogP contribution in [0.2, 0.25) is 5.02 Å². The molecule has 0 aliphatic carbocycles. The Labute approximate surface area is 130 Å². The predicted molar refractivity (Wildman–Crippen MR) is 84.2 cm³/mol. The lowest BCUT2D eigenvalue weighted by atomic mass is 10.1. The summed E-state index contributed by atoms with van der Waals surface area (Å²) in [5.74, 6) is -0.00906. The van der Waals surface area contributed by atoms with Crippen molar-refractivity contribution in [2.45, 2.75) is 6.54 Å². The summed E-state index contributed by atoms with van der Waals surface area (Å²) in [6, 6.07) is 5.32. The zero-order valence-corrected chi connectivity index (χ0v) is 13.4. The third-order valence-corrected chi connectivity index (χ3v) is 5.21. The fourth-order valence-electron chi connectivity index (χ4n) is 2.30. The summed E-state index contributed by atoms with van der Waals surface area (Å²) in [6.45, 7) is 3.02. The number of nitrogen functional groups attached to an aromatic ring is 1. The Balaban J connectivity index is 1.99. The molecule has 1 heterocycles. The average Bonchev–Trinajstić information content (AvgIpc) is 2.40. The smallest absolute Gasteiger partial charge is 0.211 e. The second-order valence-electron chi connectivity index (χ2n) is 5.16. The number of hydrogen-bond acceptors (Lipinski definition) is 4. The van der Waals surface area contributed by atoms with E-state index in [2.05, 4.69) is 4.90 Å². The fourth-order valence-corrected chi connectivity index (χ4v) is 3.37. The quantitative estimate of drug-likeness (QED) is 0.628. The number of amidine groups is 1. The van der Waals surface area contributed by atoms with Crippen LogP contribution in [-0.2, 0) is 16.6 Å². The number of benzene rings is 1. The molecular formula is C13H19ClN4O2S. The van der Waals surface area contributed by atoms with Crippen molar-refractivity contribution in [1.82, 2.24) is 9.21 Å². The Morgan fingerprint density at radius 2 is 1.95 bits per heavy atom. The van der Waals surface area contributed by atoms with Crippen LogP contribution in [0.25, 0.3) is 0 Å². The fraction of sp³-hybridized carbons (Fsp3) is 0.462. The van der Waals surface area contributed by atoms with E-state index < -0.39 is 10.0 Å². The maximum Gasteiger partial charge on any atom is 0.211 e. The van der Waals surface area contributed by atoms with Gasteiger partial charge in [-0.1, -0.05) is 23.7 Å². The molecule has 1 aromatic rings. The minimum atomic E-state index is -3.10. The van der Waals surface area contributed by atoms with E-state index in [-0.39, 0.29) is 5.84 Å². The minimum absolute atomic E-state index is 0.00906. The molecule has 0 amide bonds. The zero-order valence-electron chi connectivity index (χ0n) is 11.8. The van der Waals surface area contributed by atoms with Gasteiger partial charge in [0.1, 0.15) is 5.84 Å². The number of rotatable bonds is 4. The summed E-state index contributed by atoms with van der Waals surface area (Å²) in [5, 5.41) is 7.96. The van der Waals surface area contributed by atoms with Crippen LogP contribution in [0.1, 0.15) is 11.1 Å². The van der Waals surface area contributed by atoms with Gasteiger partial charge in [-0.05, 0) is 11.6 Å². The van der Waals surface area contributed by atoms with Gasteiger partial charge in [0.05, 0.1) is 6.26 Å². The van der Waals surface area contributed by atoms with Crippen molar-refractivity contribution in [3.63, 3.8) is 0 Å². The molecule has 1 aliphatic heterocycles. The Morgan fingerprint density at radius 1 is 1.33 bits per heavy atom. The first-order chi connectivity index (χ1) is 9.77. The molecule has 0 unspecified atom stereocenters. The maximum absolute atomic E-state index is 11.5. The topological polar surface area (TPSA) is 90.5 Å². The molecule has 8 heteroatoms. The van der Waals surface area contributed by atoms with E-state index in [0.717, 1.165) is 5.56 Å². The van der Waals surface area contributed by atoms with Gasteiger partial charge in [0, 0.05) is 43.3 Å². The molecule has 21 heavy (non-hydrogen) atoms. The summed E-state index contributed by atoms with van der Waals surface area (Å²) in [5.41, 5.74) is 6.98. The second kappa shape index (κ2) is 6.31. The normalized spacial score (nSPS) is 17.8. The third-order valence-electron chi connectivity index (χ3n) is 3.56. The monoisotopic (exact) mass is 330 g/mol. The standard InChI is InChI=1S/C13H19ClN4O2S/c1-21(19,20)18-6-4-17(5-7-18)9-11-3-2-10(13(15)16)8-12(11)14/h2-3,8H,4-7,9H2,1H3,(H3,15,16). The van der Waals surface area contributed by atoms with Gasteiger partial charge in [-0.25, -0.2) is 8.42 Å². The summed E-state index contributed by atoms with van der Waals surface area (Å²) in [4.78, 5) is 2.16. The van der Waals surface area contributed by atoms with Crippen molar-refractivity contribution in [3.05, 3.63) is 34.3 Å². The van der Waals surface area contributed by atoms with Gasteiger partial charge in [-0.2, -0.15) is 4.31 Å². The molecular weight excluding hydrogens is 312 g/mol. The van der Waals surface area contributed by atoms with Gasteiger partial charge < -0.3 is 5.73 Å². The molecule has 1 saturated heterocycles. The molecule has 6 nitrogen and oxygen atoms in total. The highest BCUT2D eigenvalue weighted by atomic mass is 35.5. The van der Waals surface area contributed by atoms with Crippen LogP contribution in [0.3, 0.4) is 0 Å². The van der Waals surface area contributed by atoms with Gasteiger partial charge in [0.2, 0.25) is 10.0 Å². The molecule has 1 fully saturated rings. The molecule has 0 radical (unpaired) electrons. The van der Waals surface area contributed by atoms with E-state index in [1.807, 2.05) is 6.07 Å². The van der Waals surface area contributed by atoms with E-state index in [4.69, 9.17) is 22.7 Å². The number of nitrogens with one attached hydrogen (secondary N) is 1. The lowest BCUT2D eigenvalue weighted by Gasteiger charge is -2.33. The lowest BCUT2D eigenvalue weighted by molar-refractivity contribution is 0.182. The first-order valence-electron chi connectivity index (χ1n) is 6.57. The van der Waals surface area contributed by atoms with Gasteiger partial charge in [-0.15, -0.1) is 0 Å². The highest BCUT2D eigenvalue weighted by Gasteiger charge is 2.23. The van der Waals surface area contributed by atoms with Crippen LogP contribution in [0, 0.1) is 5.41 Å². The highest BCUT2D eigenvalue weighted by molar-refractivity contribution is 7.88. The number of nitrogens with zero attached hydrogens (tertiary/aromatic N) is 2. The van der Waals surface area contributed by atoms with Gasteiger partial charge >= 0.3 is 0 Å². The Hall–Kier alpha value is -1.15. The summed E-state index contributed by atoms with van der Waals surface area (Å²) in [6.07, 6.45) is 1.24. The molecule has 0 bridgehead atoms. The van der Waals surface area contributed by atoms with E-state index in [9.17, 15) is 8.42 Å². The molecule has 0 saturated carbocycles. The first-order valence-corrected chi connectivity index (χ1v) is 8.80. The number of halogens is 1. The molecule has 0 atom stereocenters. The number of nitrogens with two attached hydrogens (primary N) is 1. The van der Waals surface area contributed by atoms with Gasteiger partial charge in [-0.3, -0.25) is 10.3 Å². The van der Waals surface area contributed by atoms with Crippen molar-refractivity contribution in [3.8, 4) is 0 Å². The SMILES string of the molecule is CS(=O)(=O)N1CCN(Cc2ccc(C(=N)N)cc2Cl)CC1. The molecule has 116 valence electrons. The van der Waals surface area contributed by atoms with Crippen molar-refractivity contribution < 1.29 is 8.42 Å². The summed E-state index contributed by atoms with van der Waals surface area (Å²) < 4.78 is 24.4. The van der Waals surface area contributed by atoms with E-state index in [1.54, 1.807) is 12.1 Å². The first kappa shape index (κ1) is 16.2. The maximum atomic E-state index is 11.5. The Kier molecular flexibility index (Phi) is 4.88.